The van der Waals surface area contributed by atoms with Crippen LogP contribution in [0.1, 0.15) is 38.7 Å². The zero-order chi connectivity index (χ0) is 14.4. The van der Waals surface area contributed by atoms with E-state index >= 15 is 0 Å². The van der Waals surface area contributed by atoms with Crippen molar-refractivity contribution in [2.24, 2.45) is 5.10 Å². The van der Waals surface area contributed by atoms with E-state index in [4.69, 9.17) is 0 Å². The van der Waals surface area contributed by atoms with Crippen molar-refractivity contribution >= 4 is 11.6 Å². The molecule has 0 saturated carbocycles. The molecule has 0 atom stereocenters. The maximum absolute atomic E-state index is 11.5. The van der Waals surface area contributed by atoms with Crippen molar-refractivity contribution in [1.82, 2.24) is 15.4 Å². The Morgan fingerprint density at radius 3 is 2.63 bits per heavy atom. The Labute approximate surface area is 108 Å². The monoisotopic (exact) mass is 268 g/mol. The summed E-state index contributed by atoms with van der Waals surface area (Å²) in [6, 6.07) is 0. The van der Waals surface area contributed by atoms with Crippen molar-refractivity contribution < 1.29 is 9.90 Å². The van der Waals surface area contributed by atoms with Gasteiger partial charge >= 0.3 is 5.69 Å². The summed E-state index contributed by atoms with van der Waals surface area (Å²) in [4.78, 5) is 37.7. The van der Waals surface area contributed by atoms with Crippen LogP contribution < -0.4 is 16.7 Å². The third-order valence-electron chi connectivity index (χ3n) is 2.39. The number of hydrogen-bond donors (Lipinski definition) is 4. The largest absolute Gasteiger partial charge is 0.494 e. The van der Waals surface area contributed by atoms with Crippen LogP contribution in [0.25, 0.3) is 0 Å². The van der Waals surface area contributed by atoms with Gasteiger partial charge < -0.3 is 5.11 Å². The van der Waals surface area contributed by atoms with Crippen LogP contribution in [0.4, 0.5) is 0 Å². The van der Waals surface area contributed by atoms with E-state index in [9.17, 15) is 19.5 Å². The molecule has 0 bridgehead atoms. The number of hydrogen-bond acceptors (Lipinski definition) is 5. The van der Waals surface area contributed by atoms with Crippen LogP contribution in [0.15, 0.2) is 14.7 Å². The van der Waals surface area contributed by atoms with E-state index in [2.05, 4.69) is 10.5 Å². The molecule has 0 fully saturated rings. The fourth-order valence-corrected chi connectivity index (χ4v) is 1.41. The highest BCUT2D eigenvalue weighted by Gasteiger charge is 2.12. The first kappa shape index (κ1) is 14.7. The minimum absolute atomic E-state index is 0.0971. The molecular formula is C11H16N4O4. The van der Waals surface area contributed by atoms with Crippen molar-refractivity contribution in [2.75, 3.05) is 0 Å². The van der Waals surface area contributed by atoms with E-state index in [0.717, 1.165) is 12.8 Å². The standard InChI is InChI=1S/C11H16N4O4/c1-3-4-5-7(16)15-14-6(2)8-9(17)12-11(19)13-10(8)18/h3-5H2,1-2H3,(H,15,16)(H3,12,13,17,18,19)/b14-6+. The van der Waals surface area contributed by atoms with Gasteiger partial charge in [-0.15, -0.1) is 0 Å². The van der Waals surface area contributed by atoms with Gasteiger partial charge in [-0.1, -0.05) is 13.3 Å². The van der Waals surface area contributed by atoms with Crippen LogP contribution >= 0.6 is 0 Å². The summed E-state index contributed by atoms with van der Waals surface area (Å²) in [6.07, 6.45) is 1.96. The maximum atomic E-state index is 11.5. The first-order valence-corrected chi connectivity index (χ1v) is 5.84. The number of aromatic nitrogens is 2. The van der Waals surface area contributed by atoms with Gasteiger partial charge in [0.05, 0.1) is 5.71 Å². The molecule has 1 heterocycles. The predicted octanol–water partition coefficient (Wildman–Crippen LogP) is -0.201. The summed E-state index contributed by atoms with van der Waals surface area (Å²) < 4.78 is 0. The lowest BCUT2D eigenvalue weighted by Crippen LogP contribution is -2.28. The molecule has 1 aromatic rings. The number of H-pyrrole nitrogens is 2. The SMILES string of the molecule is CCCCC(=O)N/N=C(\C)c1c(O)[nH]c(=O)[nH]c1=O. The molecule has 0 unspecified atom stereocenters. The van der Waals surface area contributed by atoms with Crippen LogP contribution in [0.5, 0.6) is 5.88 Å². The molecule has 1 rings (SSSR count). The Morgan fingerprint density at radius 1 is 1.37 bits per heavy atom. The maximum Gasteiger partial charge on any atom is 0.328 e. The zero-order valence-electron chi connectivity index (χ0n) is 10.7. The van der Waals surface area contributed by atoms with Gasteiger partial charge in [0.2, 0.25) is 11.8 Å². The van der Waals surface area contributed by atoms with Gasteiger partial charge in [-0.3, -0.25) is 19.6 Å². The topological polar surface area (TPSA) is 127 Å². The number of carbonyl (C=O) groups excluding carboxylic acids is 1. The minimum Gasteiger partial charge on any atom is -0.494 e. The first-order chi connectivity index (χ1) is 8.95. The highest BCUT2D eigenvalue weighted by atomic mass is 16.3. The summed E-state index contributed by atoms with van der Waals surface area (Å²) >= 11 is 0. The van der Waals surface area contributed by atoms with Crippen molar-refractivity contribution in [3.8, 4) is 5.88 Å². The number of unbranched alkanes of at least 4 members (excludes halogenated alkanes) is 1. The molecule has 19 heavy (non-hydrogen) atoms. The summed E-state index contributed by atoms with van der Waals surface area (Å²) in [5, 5.41) is 13.2. The molecule has 104 valence electrons. The quantitative estimate of drug-likeness (QED) is 0.435. The number of nitrogens with one attached hydrogen (secondary N) is 3. The van der Waals surface area contributed by atoms with Crippen molar-refractivity contribution in [3.63, 3.8) is 0 Å². The van der Waals surface area contributed by atoms with Crippen LogP contribution in [0, 0.1) is 0 Å². The van der Waals surface area contributed by atoms with E-state index in [0.29, 0.717) is 6.42 Å². The molecule has 8 nitrogen and oxygen atoms in total. The fourth-order valence-electron chi connectivity index (χ4n) is 1.41. The van der Waals surface area contributed by atoms with Gasteiger partial charge in [0.15, 0.2) is 0 Å². The lowest BCUT2D eigenvalue weighted by molar-refractivity contribution is -0.121. The third-order valence-corrected chi connectivity index (χ3v) is 2.39. The van der Waals surface area contributed by atoms with Crippen molar-refractivity contribution in [1.29, 1.82) is 0 Å². The number of carbonyl (C=O) groups is 1. The number of nitrogens with zero attached hydrogens (tertiary/aromatic N) is 1. The van der Waals surface area contributed by atoms with Crippen LogP contribution in [-0.2, 0) is 4.79 Å². The van der Waals surface area contributed by atoms with Gasteiger partial charge in [-0.2, -0.15) is 5.10 Å². The van der Waals surface area contributed by atoms with E-state index in [1.165, 1.54) is 6.92 Å². The highest BCUT2D eigenvalue weighted by Crippen LogP contribution is 2.05. The van der Waals surface area contributed by atoms with Crippen molar-refractivity contribution in [3.05, 3.63) is 26.4 Å². The Morgan fingerprint density at radius 2 is 2.05 bits per heavy atom. The number of rotatable bonds is 5. The fraction of sp³-hybridized carbons (Fsp3) is 0.455. The smallest absolute Gasteiger partial charge is 0.328 e. The lowest BCUT2D eigenvalue weighted by Gasteiger charge is -2.03. The molecule has 0 spiro atoms. The van der Waals surface area contributed by atoms with Crippen molar-refractivity contribution in [2.45, 2.75) is 33.1 Å². The van der Waals surface area contributed by atoms with Crippen LogP contribution in [0.3, 0.4) is 0 Å². The average Bonchev–Trinajstić information content (AvgIpc) is 2.32. The van der Waals surface area contributed by atoms with Gasteiger partial charge in [0.1, 0.15) is 5.56 Å². The van der Waals surface area contributed by atoms with Gasteiger partial charge in [0, 0.05) is 6.42 Å². The zero-order valence-corrected chi connectivity index (χ0v) is 10.7. The molecule has 0 aliphatic heterocycles. The highest BCUT2D eigenvalue weighted by molar-refractivity contribution is 6.00. The second kappa shape index (κ2) is 6.53. The van der Waals surface area contributed by atoms with Crippen LogP contribution in [-0.4, -0.2) is 26.7 Å². The molecule has 4 N–H and O–H groups in total. The number of aromatic amines is 2. The third kappa shape index (κ3) is 4.09. The Kier molecular flexibility index (Phi) is 5.04. The molecule has 0 radical (unpaired) electrons. The molecule has 0 aromatic carbocycles. The second-order valence-electron chi connectivity index (χ2n) is 3.97. The Bertz CT molecular complexity index is 599. The van der Waals surface area contributed by atoms with E-state index in [1.54, 1.807) is 0 Å². The molecular weight excluding hydrogens is 252 g/mol. The molecule has 0 aliphatic rings. The number of aromatic hydroxyl groups is 1. The summed E-state index contributed by atoms with van der Waals surface area (Å²) in [6.45, 7) is 3.39. The summed E-state index contributed by atoms with van der Waals surface area (Å²) in [5.74, 6) is -0.862. The summed E-state index contributed by atoms with van der Waals surface area (Å²) in [7, 11) is 0. The van der Waals surface area contributed by atoms with Gasteiger partial charge in [-0.25, -0.2) is 10.2 Å². The van der Waals surface area contributed by atoms with E-state index in [-0.39, 0.29) is 17.2 Å². The first-order valence-electron chi connectivity index (χ1n) is 5.84. The normalized spacial score (nSPS) is 11.4. The molecule has 0 aliphatic carbocycles. The van der Waals surface area contributed by atoms with E-state index in [1.807, 2.05) is 16.9 Å². The molecule has 1 amide bonds. The molecule has 0 saturated heterocycles. The predicted molar refractivity (Wildman–Crippen MR) is 69.2 cm³/mol. The second-order valence-corrected chi connectivity index (χ2v) is 3.97. The number of hydrazone groups is 1. The Balaban J connectivity index is 2.89. The molecule has 1 aromatic heterocycles. The Hall–Kier alpha value is -2.38. The molecule has 8 heteroatoms. The van der Waals surface area contributed by atoms with Gasteiger partial charge in [0.25, 0.3) is 5.56 Å². The van der Waals surface area contributed by atoms with Gasteiger partial charge in [-0.05, 0) is 13.3 Å². The lowest BCUT2D eigenvalue weighted by atomic mass is 10.2. The number of amides is 1. The summed E-state index contributed by atoms with van der Waals surface area (Å²) in [5.41, 5.74) is 0.603. The van der Waals surface area contributed by atoms with Crippen LogP contribution in [0.2, 0.25) is 0 Å². The minimum atomic E-state index is -0.814. The average molecular weight is 268 g/mol. The van der Waals surface area contributed by atoms with E-state index < -0.39 is 17.1 Å².